The van der Waals surface area contributed by atoms with Crippen LogP contribution in [0.4, 0.5) is 0 Å². The topological polar surface area (TPSA) is 3.24 Å². The SMILES string of the molecule is C/C=C/C[Si](C)(C)CCN(C)CCC. The van der Waals surface area contributed by atoms with Crippen LogP contribution in [0.5, 0.6) is 0 Å². The van der Waals surface area contributed by atoms with Crippen LogP contribution < -0.4 is 0 Å². The average Bonchev–Trinajstić information content (AvgIpc) is 2.13. The fraction of sp³-hybridized carbons (Fsp3) is 0.833. The Kier molecular flexibility index (Phi) is 7.20. The molecule has 0 bridgehead atoms. The maximum Gasteiger partial charge on any atom is 0.0523 e. The number of hydrogen-bond acceptors (Lipinski definition) is 1. The van der Waals surface area contributed by atoms with Gasteiger partial charge in [0.25, 0.3) is 0 Å². The van der Waals surface area contributed by atoms with Crippen molar-refractivity contribution in [1.29, 1.82) is 0 Å². The smallest absolute Gasteiger partial charge is 0.0523 e. The Hall–Kier alpha value is -0.0831. The molecule has 0 aliphatic carbocycles. The van der Waals surface area contributed by atoms with Crippen LogP contribution in [0.15, 0.2) is 12.2 Å². The molecule has 0 saturated heterocycles. The normalized spacial score (nSPS) is 13.0. The number of allylic oxidation sites excluding steroid dienone is 2. The summed E-state index contributed by atoms with van der Waals surface area (Å²) in [4.78, 5) is 2.46. The van der Waals surface area contributed by atoms with Gasteiger partial charge >= 0.3 is 0 Å². The first-order valence-corrected chi connectivity index (χ1v) is 9.23. The fourth-order valence-corrected chi connectivity index (χ4v) is 3.59. The second-order valence-corrected chi connectivity index (χ2v) is 10.2. The molecule has 0 N–H and O–H groups in total. The molecule has 0 aromatic rings. The Bertz CT molecular complexity index is 164. The van der Waals surface area contributed by atoms with Gasteiger partial charge in [-0.25, -0.2) is 0 Å². The Morgan fingerprint density at radius 1 is 1.21 bits per heavy atom. The molecule has 0 aliphatic heterocycles. The van der Waals surface area contributed by atoms with Gasteiger partial charge in [-0.3, -0.25) is 0 Å². The standard InChI is InChI=1S/C12H27NSi/c1-6-8-11-14(4,5)12-10-13(3)9-7-2/h6,8H,7,9-12H2,1-5H3/b8-6+. The zero-order valence-electron chi connectivity index (χ0n) is 10.6. The third-order valence-electron chi connectivity index (χ3n) is 2.68. The molecule has 84 valence electrons. The van der Waals surface area contributed by atoms with Crippen LogP contribution >= 0.6 is 0 Å². The molecule has 0 aromatic carbocycles. The molecule has 0 amide bonds. The molecule has 0 fully saturated rings. The average molecular weight is 213 g/mol. The molecule has 14 heavy (non-hydrogen) atoms. The molecular formula is C12H27NSi. The summed E-state index contributed by atoms with van der Waals surface area (Å²) in [7, 11) is 1.30. The van der Waals surface area contributed by atoms with Crippen molar-refractivity contribution in [2.45, 2.75) is 45.5 Å². The minimum absolute atomic E-state index is 0.945. The highest BCUT2D eigenvalue weighted by Crippen LogP contribution is 2.16. The monoisotopic (exact) mass is 213 g/mol. The van der Waals surface area contributed by atoms with Gasteiger partial charge in [0, 0.05) is 0 Å². The first-order chi connectivity index (χ1) is 6.52. The van der Waals surface area contributed by atoms with Crippen LogP contribution in [-0.2, 0) is 0 Å². The van der Waals surface area contributed by atoms with E-state index in [1.807, 2.05) is 0 Å². The number of nitrogens with zero attached hydrogens (tertiary/aromatic N) is 1. The molecule has 0 aliphatic rings. The van der Waals surface area contributed by atoms with Crippen LogP contribution in [0.2, 0.25) is 25.2 Å². The molecule has 1 nitrogen and oxygen atoms in total. The molecule has 0 spiro atoms. The van der Waals surface area contributed by atoms with Crippen molar-refractivity contribution in [3.8, 4) is 0 Å². The highest BCUT2D eigenvalue weighted by atomic mass is 28.3. The quantitative estimate of drug-likeness (QED) is 0.461. The van der Waals surface area contributed by atoms with Gasteiger partial charge in [-0.1, -0.05) is 32.2 Å². The zero-order valence-corrected chi connectivity index (χ0v) is 11.6. The van der Waals surface area contributed by atoms with Crippen LogP contribution in [0.25, 0.3) is 0 Å². The summed E-state index contributed by atoms with van der Waals surface area (Å²) < 4.78 is 0. The van der Waals surface area contributed by atoms with E-state index in [0.29, 0.717) is 0 Å². The van der Waals surface area contributed by atoms with E-state index in [1.54, 1.807) is 0 Å². The van der Waals surface area contributed by atoms with Crippen molar-refractivity contribution in [2.24, 2.45) is 0 Å². The molecule has 0 rings (SSSR count). The van der Waals surface area contributed by atoms with Crippen LogP contribution in [0, 0.1) is 0 Å². The largest absolute Gasteiger partial charge is 0.307 e. The maximum atomic E-state index is 2.49. The van der Waals surface area contributed by atoms with Crippen molar-refractivity contribution in [2.75, 3.05) is 20.1 Å². The van der Waals surface area contributed by atoms with Gasteiger partial charge in [0.1, 0.15) is 0 Å². The second-order valence-electron chi connectivity index (χ2n) is 4.99. The summed E-state index contributed by atoms with van der Waals surface area (Å²) in [6.45, 7) is 11.9. The van der Waals surface area contributed by atoms with Gasteiger partial charge < -0.3 is 4.90 Å². The molecule has 0 aromatic heterocycles. The first kappa shape index (κ1) is 13.9. The minimum atomic E-state index is -0.945. The van der Waals surface area contributed by atoms with Gasteiger partial charge in [0.15, 0.2) is 0 Å². The van der Waals surface area contributed by atoms with Gasteiger partial charge in [0.05, 0.1) is 8.07 Å². The van der Waals surface area contributed by atoms with Gasteiger partial charge in [0.2, 0.25) is 0 Å². The van der Waals surface area contributed by atoms with Crippen LogP contribution in [-0.4, -0.2) is 33.1 Å². The van der Waals surface area contributed by atoms with Crippen molar-refractivity contribution in [1.82, 2.24) is 4.90 Å². The van der Waals surface area contributed by atoms with Crippen molar-refractivity contribution in [3.63, 3.8) is 0 Å². The second kappa shape index (κ2) is 7.24. The summed E-state index contributed by atoms with van der Waals surface area (Å²) >= 11 is 0. The summed E-state index contributed by atoms with van der Waals surface area (Å²) in [5.74, 6) is 0. The Morgan fingerprint density at radius 3 is 2.36 bits per heavy atom. The first-order valence-electron chi connectivity index (χ1n) is 5.81. The number of rotatable bonds is 7. The summed E-state index contributed by atoms with van der Waals surface area (Å²) in [6.07, 6.45) is 5.80. The maximum absolute atomic E-state index is 2.49. The predicted molar refractivity (Wildman–Crippen MR) is 69.7 cm³/mol. The zero-order chi connectivity index (χ0) is 11.0. The van der Waals surface area contributed by atoms with E-state index in [0.717, 1.165) is 0 Å². The number of hydrogen-bond donors (Lipinski definition) is 0. The molecule has 0 radical (unpaired) electrons. The lowest BCUT2D eigenvalue weighted by atomic mass is 10.4. The van der Waals surface area contributed by atoms with E-state index in [-0.39, 0.29) is 0 Å². The van der Waals surface area contributed by atoms with Crippen LogP contribution in [0.1, 0.15) is 20.3 Å². The van der Waals surface area contributed by atoms with Gasteiger partial charge in [-0.05, 0) is 45.6 Å². The van der Waals surface area contributed by atoms with Gasteiger partial charge in [-0.2, -0.15) is 0 Å². The highest BCUT2D eigenvalue weighted by Gasteiger charge is 2.18. The molecule has 0 unspecified atom stereocenters. The molecular weight excluding hydrogens is 186 g/mol. The summed E-state index contributed by atoms with van der Waals surface area (Å²) in [5, 5.41) is 0. The van der Waals surface area contributed by atoms with Crippen molar-refractivity contribution < 1.29 is 0 Å². The van der Waals surface area contributed by atoms with Crippen LogP contribution in [0.3, 0.4) is 0 Å². The lowest BCUT2D eigenvalue weighted by molar-refractivity contribution is 0.352. The summed E-state index contributed by atoms with van der Waals surface area (Å²) in [5.41, 5.74) is 0. The lowest BCUT2D eigenvalue weighted by Crippen LogP contribution is -2.31. The third kappa shape index (κ3) is 7.33. The molecule has 0 atom stereocenters. The minimum Gasteiger partial charge on any atom is -0.307 e. The van der Waals surface area contributed by atoms with Gasteiger partial charge in [-0.15, -0.1) is 0 Å². The van der Waals surface area contributed by atoms with Crippen molar-refractivity contribution >= 4 is 8.07 Å². The Morgan fingerprint density at radius 2 is 1.86 bits per heavy atom. The van der Waals surface area contributed by atoms with Crippen molar-refractivity contribution in [3.05, 3.63) is 12.2 Å². The fourth-order valence-electron chi connectivity index (χ4n) is 1.53. The molecule has 0 saturated carbocycles. The third-order valence-corrected chi connectivity index (χ3v) is 5.60. The lowest BCUT2D eigenvalue weighted by Gasteiger charge is -2.24. The highest BCUT2D eigenvalue weighted by molar-refractivity contribution is 6.77. The van der Waals surface area contributed by atoms with E-state index in [4.69, 9.17) is 0 Å². The Balaban J connectivity index is 3.74. The molecule has 0 heterocycles. The summed E-state index contributed by atoms with van der Waals surface area (Å²) in [6, 6.07) is 2.76. The Labute approximate surface area is 91.2 Å². The predicted octanol–water partition coefficient (Wildman–Crippen LogP) is 3.61. The van der Waals surface area contributed by atoms with E-state index in [9.17, 15) is 0 Å². The van der Waals surface area contributed by atoms with E-state index in [1.165, 1.54) is 31.6 Å². The van der Waals surface area contributed by atoms with E-state index in [2.05, 4.69) is 51.0 Å². The van der Waals surface area contributed by atoms with E-state index >= 15 is 0 Å². The van der Waals surface area contributed by atoms with E-state index < -0.39 is 8.07 Å². The molecule has 2 heteroatoms.